The highest BCUT2D eigenvalue weighted by atomic mass is 79.9. The molecule has 0 radical (unpaired) electrons. The van der Waals surface area contributed by atoms with Gasteiger partial charge in [0.05, 0.1) is 0 Å². The van der Waals surface area contributed by atoms with E-state index >= 15 is 0 Å². The van der Waals surface area contributed by atoms with Crippen molar-refractivity contribution in [1.29, 1.82) is 0 Å². The van der Waals surface area contributed by atoms with Crippen LogP contribution in [0.1, 0.15) is 37.4 Å². The number of amides is 1. The summed E-state index contributed by atoms with van der Waals surface area (Å²) < 4.78 is 1.01. The van der Waals surface area contributed by atoms with E-state index in [2.05, 4.69) is 31.1 Å². The number of aromatic nitrogens is 2. The van der Waals surface area contributed by atoms with Gasteiger partial charge in [-0.25, -0.2) is 9.97 Å². The Labute approximate surface area is 156 Å². The number of nitrogens with zero attached hydrogens (tertiary/aromatic N) is 3. The van der Waals surface area contributed by atoms with Crippen LogP contribution in [0.5, 0.6) is 0 Å². The molecular formula is C19H21BrN4O. The van der Waals surface area contributed by atoms with E-state index in [0.717, 1.165) is 47.7 Å². The number of hydrogen-bond acceptors (Lipinski definition) is 4. The monoisotopic (exact) mass is 400 g/mol. The fourth-order valence-electron chi connectivity index (χ4n) is 3.23. The third-order valence-electron chi connectivity index (χ3n) is 4.90. The molecule has 2 aliphatic rings. The molecule has 6 heteroatoms. The van der Waals surface area contributed by atoms with E-state index in [4.69, 9.17) is 4.98 Å². The van der Waals surface area contributed by atoms with Crippen molar-refractivity contribution in [2.75, 3.05) is 23.3 Å². The summed E-state index contributed by atoms with van der Waals surface area (Å²) in [5.41, 5.74) is 0.848. The zero-order valence-electron chi connectivity index (χ0n) is 14.0. The summed E-state index contributed by atoms with van der Waals surface area (Å²) in [5, 5.41) is 3.02. The number of carbonyl (C=O) groups excluding carboxylic acids is 1. The second kappa shape index (κ2) is 7.12. The average molecular weight is 401 g/mol. The van der Waals surface area contributed by atoms with Gasteiger partial charge in [0.15, 0.2) is 0 Å². The Morgan fingerprint density at radius 3 is 2.48 bits per heavy atom. The topological polar surface area (TPSA) is 58.1 Å². The molecule has 0 spiro atoms. The lowest BCUT2D eigenvalue weighted by atomic mass is 9.96. The van der Waals surface area contributed by atoms with Gasteiger partial charge in [0, 0.05) is 41.3 Å². The maximum absolute atomic E-state index is 12.5. The van der Waals surface area contributed by atoms with Crippen LogP contribution < -0.4 is 10.2 Å². The first-order valence-electron chi connectivity index (χ1n) is 8.83. The van der Waals surface area contributed by atoms with Gasteiger partial charge in [0.2, 0.25) is 5.91 Å². The molecule has 5 nitrogen and oxygen atoms in total. The third-order valence-corrected chi connectivity index (χ3v) is 5.43. The maximum Gasteiger partial charge on any atom is 0.227 e. The number of benzene rings is 1. The van der Waals surface area contributed by atoms with Gasteiger partial charge in [-0.15, -0.1) is 0 Å². The molecule has 1 N–H and O–H groups in total. The minimum absolute atomic E-state index is 0.0598. The molecule has 1 aliphatic carbocycles. The normalized spacial score (nSPS) is 18.2. The molecule has 0 unspecified atom stereocenters. The van der Waals surface area contributed by atoms with Crippen LogP contribution in [0.4, 0.5) is 11.5 Å². The molecule has 4 rings (SSSR count). The molecule has 2 heterocycles. The highest BCUT2D eigenvalue weighted by molar-refractivity contribution is 9.10. The van der Waals surface area contributed by atoms with Crippen LogP contribution in [0.3, 0.4) is 0 Å². The van der Waals surface area contributed by atoms with Crippen LogP contribution in [0.15, 0.2) is 41.0 Å². The maximum atomic E-state index is 12.5. The number of halogens is 1. The fraction of sp³-hybridized carbons (Fsp3) is 0.421. The molecule has 1 saturated carbocycles. The van der Waals surface area contributed by atoms with E-state index in [1.165, 1.54) is 12.8 Å². The molecular weight excluding hydrogens is 380 g/mol. The Morgan fingerprint density at radius 2 is 1.80 bits per heavy atom. The molecule has 2 fully saturated rings. The van der Waals surface area contributed by atoms with Crippen LogP contribution in [0.25, 0.3) is 0 Å². The summed E-state index contributed by atoms with van der Waals surface area (Å²) in [6.07, 6.45) is 5.99. The van der Waals surface area contributed by atoms with Gasteiger partial charge in [-0.2, -0.15) is 0 Å². The largest absolute Gasteiger partial charge is 0.356 e. The van der Waals surface area contributed by atoms with Crippen molar-refractivity contribution in [3.8, 4) is 0 Å². The summed E-state index contributed by atoms with van der Waals surface area (Å²) in [7, 11) is 0. The summed E-state index contributed by atoms with van der Waals surface area (Å²) in [5.74, 6) is 2.72. The molecule has 1 amide bonds. The smallest absolute Gasteiger partial charge is 0.227 e. The zero-order valence-corrected chi connectivity index (χ0v) is 15.6. The van der Waals surface area contributed by atoms with Crippen molar-refractivity contribution in [3.63, 3.8) is 0 Å². The third kappa shape index (κ3) is 4.00. The summed E-state index contributed by atoms with van der Waals surface area (Å²) in [6, 6.07) is 9.68. The van der Waals surface area contributed by atoms with Crippen molar-refractivity contribution in [2.45, 2.75) is 31.6 Å². The van der Waals surface area contributed by atoms with E-state index in [-0.39, 0.29) is 11.8 Å². The highest BCUT2D eigenvalue weighted by Crippen LogP contribution is 2.38. The van der Waals surface area contributed by atoms with Crippen molar-refractivity contribution >= 4 is 33.3 Å². The van der Waals surface area contributed by atoms with E-state index in [1.54, 1.807) is 0 Å². The lowest BCUT2D eigenvalue weighted by Gasteiger charge is -2.32. The first kappa shape index (κ1) is 16.5. The Hall–Kier alpha value is -1.95. The quantitative estimate of drug-likeness (QED) is 0.843. The van der Waals surface area contributed by atoms with E-state index in [0.29, 0.717) is 5.92 Å². The van der Waals surface area contributed by atoms with Crippen molar-refractivity contribution < 1.29 is 4.79 Å². The standard InChI is InChI=1S/C19H21BrN4O/c20-15-3-5-16(6-4-15)22-19(25)14-8-11-24(12-9-14)17-7-10-21-18(23-17)13-1-2-13/h3-7,10,13-14H,1-2,8-9,11-12H2,(H,22,25). The number of anilines is 2. The molecule has 1 aliphatic heterocycles. The predicted octanol–water partition coefficient (Wildman–Crippen LogP) is 3.97. The Kier molecular flexibility index (Phi) is 4.70. The second-order valence-corrected chi connectivity index (χ2v) is 7.72. The van der Waals surface area contributed by atoms with Crippen LogP contribution in [0.2, 0.25) is 0 Å². The van der Waals surface area contributed by atoms with Gasteiger partial charge in [-0.1, -0.05) is 15.9 Å². The fourth-order valence-corrected chi connectivity index (χ4v) is 3.49. The predicted molar refractivity (Wildman–Crippen MR) is 102 cm³/mol. The van der Waals surface area contributed by atoms with E-state index in [9.17, 15) is 4.79 Å². The van der Waals surface area contributed by atoms with Crippen LogP contribution >= 0.6 is 15.9 Å². The van der Waals surface area contributed by atoms with Crippen molar-refractivity contribution in [3.05, 3.63) is 46.8 Å². The van der Waals surface area contributed by atoms with E-state index in [1.807, 2.05) is 36.5 Å². The Morgan fingerprint density at radius 1 is 1.08 bits per heavy atom. The first-order valence-corrected chi connectivity index (χ1v) is 9.62. The van der Waals surface area contributed by atoms with Gasteiger partial charge in [-0.05, 0) is 56.0 Å². The molecule has 0 bridgehead atoms. The summed E-state index contributed by atoms with van der Waals surface area (Å²) in [6.45, 7) is 1.72. The average Bonchev–Trinajstić information content (AvgIpc) is 3.49. The molecule has 1 saturated heterocycles. The van der Waals surface area contributed by atoms with Crippen LogP contribution in [0, 0.1) is 5.92 Å². The summed E-state index contributed by atoms with van der Waals surface area (Å²) in [4.78, 5) is 23.9. The molecule has 0 atom stereocenters. The minimum Gasteiger partial charge on any atom is -0.356 e. The van der Waals surface area contributed by atoms with Gasteiger partial charge >= 0.3 is 0 Å². The molecule has 25 heavy (non-hydrogen) atoms. The van der Waals surface area contributed by atoms with E-state index < -0.39 is 0 Å². The van der Waals surface area contributed by atoms with Crippen molar-refractivity contribution in [2.24, 2.45) is 5.92 Å². The molecule has 1 aromatic heterocycles. The number of nitrogens with one attached hydrogen (secondary N) is 1. The first-order chi connectivity index (χ1) is 12.2. The SMILES string of the molecule is O=C(Nc1ccc(Br)cc1)C1CCN(c2ccnc(C3CC3)n2)CC1. The van der Waals surface area contributed by atoms with Gasteiger partial charge in [0.25, 0.3) is 0 Å². The van der Waals surface area contributed by atoms with Crippen LogP contribution in [-0.4, -0.2) is 29.0 Å². The Balaban J connectivity index is 1.33. The lowest BCUT2D eigenvalue weighted by molar-refractivity contribution is -0.120. The van der Waals surface area contributed by atoms with Gasteiger partial charge in [-0.3, -0.25) is 4.79 Å². The minimum atomic E-state index is 0.0598. The number of hydrogen-bond donors (Lipinski definition) is 1. The molecule has 2 aromatic rings. The highest BCUT2D eigenvalue weighted by Gasteiger charge is 2.29. The van der Waals surface area contributed by atoms with Gasteiger partial charge in [0.1, 0.15) is 11.6 Å². The van der Waals surface area contributed by atoms with Crippen molar-refractivity contribution in [1.82, 2.24) is 9.97 Å². The van der Waals surface area contributed by atoms with Crippen LogP contribution in [-0.2, 0) is 4.79 Å². The van der Waals surface area contributed by atoms with Gasteiger partial charge < -0.3 is 10.2 Å². The molecule has 130 valence electrons. The number of piperidine rings is 1. The zero-order chi connectivity index (χ0) is 17.2. The lowest BCUT2D eigenvalue weighted by Crippen LogP contribution is -2.38. The summed E-state index contributed by atoms with van der Waals surface area (Å²) >= 11 is 3.41. The Bertz CT molecular complexity index is 752. The number of carbonyl (C=O) groups is 1. The second-order valence-electron chi connectivity index (χ2n) is 6.80. The number of rotatable bonds is 4. The molecule has 1 aromatic carbocycles.